The zero-order valence-electron chi connectivity index (χ0n) is 13.3. The molecule has 3 aromatic rings. The van der Waals surface area contributed by atoms with Crippen LogP contribution in [0.3, 0.4) is 0 Å². The van der Waals surface area contributed by atoms with Crippen LogP contribution in [0.5, 0.6) is 0 Å². The molecular weight excluding hydrogens is 286 g/mol. The normalized spacial score (nSPS) is 12.3. The molecule has 0 unspecified atom stereocenters. The Kier molecular flexibility index (Phi) is 3.67. The summed E-state index contributed by atoms with van der Waals surface area (Å²) in [5, 5.41) is 9.43. The second kappa shape index (κ2) is 5.65. The van der Waals surface area contributed by atoms with Gasteiger partial charge in [0, 0.05) is 18.0 Å². The molecule has 0 spiro atoms. The second-order valence-electron chi connectivity index (χ2n) is 6.43. The minimum atomic E-state index is -0.0907. The maximum atomic E-state index is 9.43. The van der Waals surface area contributed by atoms with Crippen molar-refractivity contribution in [3.05, 3.63) is 48.6 Å². The summed E-state index contributed by atoms with van der Waals surface area (Å²) >= 11 is 0. The minimum Gasteiger partial charge on any atom is -0.345 e. The monoisotopic (exact) mass is 303 g/mol. The molecule has 3 aromatic heterocycles. The molecule has 3 rings (SSSR count). The Hall–Kier alpha value is -3.00. The van der Waals surface area contributed by atoms with Gasteiger partial charge in [-0.2, -0.15) is 5.26 Å². The summed E-state index contributed by atoms with van der Waals surface area (Å²) in [5.41, 5.74) is 4.34. The molecule has 1 N–H and O–H groups in total. The van der Waals surface area contributed by atoms with Gasteiger partial charge in [-0.25, -0.2) is 9.97 Å². The number of fused-ring (bicyclic) bond motifs is 1. The highest BCUT2D eigenvalue weighted by Gasteiger charge is 2.12. The Morgan fingerprint density at radius 2 is 2.09 bits per heavy atom. The van der Waals surface area contributed by atoms with E-state index >= 15 is 0 Å². The van der Waals surface area contributed by atoms with Crippen molar-refractivity contribution in [3.63, 3.8) is 0 Å². The van der Waals surface area contributed by atoms with Gasteiger partial charge in [0.25, 0.3) is 0 Å². The summed E-state index contributed by atoms with van der Waals surface area (Å²) in [6.45, 7) is 6.17. The van der Waals surface area contributed by atoms with Crippen LogP contribution in [0.15, 0.2) is 42.9 Å². The van der Waals surface area contributed by atoms with Gasteiger partial charge in [0.2, 0.25) is 0 Å². The fourth-order valence-corrected chi connectivity index (χ4v) is 2.30. The molecule has 5 nitrogen and oxygen atoms in total. The third-order valence-electron chi connectivity index (χ3n) is 3.29. The van der Waals surface area contributed by atoms with Crippen LogP contribution in [0.4, 0.5) is 0 Å². The Balaban J connectivity index is 2.05. The second-order valence-corrected chi connectivity index (χ2v) is 6.43. The molecule has 0 bridgehead atoms. The van der Waals surface area contributed by atoms with Gasteiger partial charge in [-0.3, -0.25) is 4.98 Å². The molecule has 0 aliphatic rings. The van der Waals surface area contributed by atoms with Crippen LogP contribution in [0.1, 0.15) is 26.5 Å². The van der Waals surface area contributed by atoms with Crippen LogP contribution in [0.2, 0.25) is 0 Å². The number of hydrogen-bond acceptors (Lipinski definition) is 4. The van der Waals surface area contributed by atoms with Gasteiger partial charge < -0.3 is 4.98 Å². The number of H-pyrrole nitrogens is 1. The first-order valence-corrected chi connectivity index (χ1v) is 7.36. The van der Waals surface area contributed by atoms with E-state index in [1.54, 1.807) is 12.4 Å². The van der Waals surface area contributed by atoms with E-state index in [-0.39, 0.29) is 5.41 Å². The topological polar surface area (TPSA) is 78.2 Å². The first kappa shape index (κ1) is 14.9. The van der Waals surface area contributed by atoms with Crippen molar-refractivity contribution >= 4 is 16.7 Å². The molecule has 0 aliphatic carbocycles. The number of nitriles is 1. The van der Waals surface area contributed by atoms with Crippen LogP contribution in [0, 0.1) is 16.7 Å². The van der Waals surface area contributed by atoms with E-state index in [0.717, 1.165) is 22.4 Å². The van der Waals surface area contributed by atoms with Crippen molar-refractivity contribution in [2.75, 3.05) is 0 Å². The average molecular weight is 303 g/mol. The Morgan fingerprint density at radius 3 is 2.83 bits per heavy atom. The number of aromatic amines is 1. The number of aromatic nitrogens is 4. The summed E-state index contributed by atoms with van der Waals surface area (Å²) in [7, 11) is 0. The highest BCUT2D eigenvalue weighted by molar-refractivity contribution is 5.78. The zero-order valence-corrected chi connectivity index (χ0v) is 13.3. The van der Waals surface area contributed by atoms with E-state index in [1.165, 1.54) is 0 Å². The molecule has 0 radical (unpaired) electrons. The molecule has 0 saturated heterocycles. The van der Waals surface area contributed by atoms with E-state index in [1.807, 2.05) is 30.5 Å². The lowest BCUT2D eigenvalue weighted by Gasteiger charge is -2.13. The number of nitrogens with one attached hydrogen (secondary N) is 1. The van der Waals surface area contributed by atoms with Crippen molar-refractivity contribution < 1.29 is 0 Å². The molecule has 0 amide bonds. The molecule has 0 aromatic carbocycles. The molecular formula is C18H17N5. The summed E-state index contributed by atoms with van der Waals surface area (Å²) in [6.07, 6.45) is 7.16. The van der Waals surface area contributed by atoms with Crippen LogP contribution < -0.4 is 0 Å². The Morgan fingerprint density at radius 1 is 1.26 bits per heavy atom. The van der Waals surface area contributed by atoms with Crippen LogP contribution in [-0.4, -0.2) is 19.9 Å². The third kappa shape index (κ3) is 3.27. The van der Waals surface area contributed by atoms with E-state index < -0.39 is 0 Å². The smallest absolute Gasteiger partial charge is 0.156 e. The van der Waals surface area contributed by atoms with Crippen LogP contribution in [-0.2, 0) is 0 Å². The summed E-state index contributed by atoms with van der Waals surface area (Å²) in [5.74, 6) is 0. The average Bonchev–Trinajstić information content (AvgIpc) is 2.99. The lowest BCUT2D eigenvalue weighted by Crippen LogP contribution is -2.01. The van der Waals surface area contributed by atoms with Crippen molar-refractivity contribution in [2.45, 2.75) is 20.8 Å². The van der Waals surface area contributed by atoms with Gasteiger partial charge in [-0.1, -0.05) is 26.8 Å². The number of allylic oxidation sites excluding steroid dienone is 2. The number of nitrogens with zero attached hydrogens (tertiary/aromatic N) is 4. The number of pyridine rings is 1. The Bertz CT molecular complexity index is 922. The molecule has 0 aliphatic heterocycles. The number of rotatable bonds is 2. The predicted molar refractivity (Wildman–Crippen MR) is 90.2 cm³/mol. The lowest BCUT2D eigenvalue weighted by atomic mass is 9.92. The van der Waals surface area contributed by atoms with Crippen molar-refractivity contribution in [1.82, 2.24) is 19.9 Å². The summed E-state index contributed by atoms with van der Waals surface area (Å²) in [4.78, 5) is 16.3. The van der Waals surface area contributed by atoms with Gasteiger partial charge in [0.05, 0.1) is 23.2 Å². The summed E-state index contributed by atoms with van der Waals surface area (Å²) in [6, 6.07) is 7.87. The third-order valence-corrected chi connectivity index (χ3v) is 3.29. The quantitative estimate of drug-likeness (QED) is 0.726. The standard InChI is InChI=1S/C18H17N5/c1-18(2,3)9-13(10-19)15-8-12(4-6-20-15)16-11-22-17-14(23-16)5-7-21-17/h4-9,11H,1-3H3,(H,21,22). The van der Waals surface area contributed by atoms with E-state index in [4.69, 9.17) is 0 Å². The molecule has 5 heteroatoms. The largest absolute Gasteiger partial charge is 0.345 e. The zero-order chi connectivity index (χ0) is 16.4. The van der Waals surface area contributed by atoms with Crippen molar-refractivity contribution in [3.8, 4) is 17.3 Å². The first-order valence-electron chi connectivity index (χ1n) is 7.36. The summed E-state index contributed by atoms with van der Waals surface area (Å²) < 4.78 is 0. The highest BCUT2D eigenvalue weighted by atomic mass is 14.9. The van der Waals surface area contributed by atoms with Gasteiger partial charge in [0.1, 0.15) is 11.6 Å². The van der Waals surface area contributed by atoms with Gasteiger partial charge in [-0.05, 0) is 23.6 Å². The predicted octanol–water partition coefficient (Wildman–Crippen LogP) is 3.97. The SMILES string of the molecule is CC(C)(C)C=C(C#N)c1cc(-c2cnc3[nH]ccc3n2)ccn1. The molecule has 3 heterocycles. The number of hydrogen-bond donors (Lipinski definition) is 1. The first-order chi connectivity index (χ1) is 11.0. The minimum absolute atomic E-state index is 0.0907. The molecule has 23 heavy (non-hydrogen) atoms. The molecule has 0 fully saturated rings. The van der Waals surface area contributed by atoms with Crippen LogP contribution in [0.25, 0.3) is 28.0 Å². The van der Waals surface area contributed by atoms with E-state index in [9.17, 15) is 5.26 Å². The maximum absolute atomic E-state index is 9.43. The lowest BCUT2D eigenvalue weighted by molar-refractivity contribution is 0.546. The van der Waals surface area contributed by atoms with E-state index in [0.29, 0.717) is 11.3 Å². The van der Waals surface area contributed by atoms with Crippen molar-refractivity contribution in [2.24, 2.45) is 5.41 Å². The maximum Gasteiger partial charge on any atom is 0.156 e. The van der Waals surface area contributed by atoms with E-state index in [2.05, 4.69) is 46.8 Å². The van der Waals surface area contributed by atoms with Gasteiger partial charge in [0.15, 0.2) is 5.65 Å². The van der Waals surface area contributed by atoms with Crippen LogP contribution >= 0.6 is 0 Å². The molecule has 0 atom stereocenters. The fraction of sp³-hybridized carbons (Fsp3) is 0.222. The van der Waals surface area contributed by atoms with Gasteiger partial charge in [-0.15, -0.1) is 0 Å². The Labute approximate surface area is 134 Å². The molecule has 114 valence electrons. The molecule has 0 saturated carbocycles. The van der Waals surface area contributed by atoms with Gasteiger partial charge >= 0.3 is 0 Å². The van der Waals surface area contributed by atoms with Crippen molar-refractivity contribution in [1.29, 1.82) is 5.26 Å². The highest BCUT2D eigenvalue weighted by Crippen LogP contribution is 2.25. The fourth-order valence-electron chi connectivity index (χ4n) is 2.30.